The third-order valence-electron chi connectivity index (χ3n) is 4.03. The summed E-state index contributed by atoms with van der Waals surface area (Å²) in [6.45, 7) is 13.4. The van der Waals surface area contributed by atoms with Crippen molar-refractivity contribution in [2.75, 3.05) is 7.11 Å². The fraction of sp³-hybridized carbons (Fsp3) is 0.667. The van der Waals surface area contributed by atoms with Crippen LogP contribution in [0.1, 0.15) is 51.2 Å². The van der Waals surface area contributed by atoms with E-state index in [0.29, 0.717) is 27.3 Å². The highest BCUT2D eigenvalue weighted by Gasteiger charge is 2.47. The quantitative estimate of drug-likeness (QED) is 0.324. The van der Waals surface area contributed by atoms with Crippen LogP contribution in [0, 0.1) is 2.88 Å². The number of carbonyl (C=O) groups excluding carboxylic acids is 1. The minimum absolute atomic E-state index is 0.308. The lowest BCUT2D eigenvalue weighted by atomic mass is 10.4. The zero-order chi connectivity index (χ0) is 16.4. The first kappa shape index (κ1) is 19.0. The van der Waals surface area contributed by atoms with Crippen LogP contribution in [-0.2, 0) is 4.74 Å². The van der Waals surface area contributed by atoms with Crippen molar-refractivity contribution in [2.24, 2.45) is 0 Å². The van der Waals surface area contributed by atoms with Gasteiger partial charge in [0.15, 0.2) is 4.88 Å². The highest BCUT2D eigenvalue weighted by Crippen LogP contribution is 2.44. The van der Waals surface area contributed by atoms with E-state index in [0.717, 1.165) is 2.88 Å². The van der Waals surface area contributed by atoms with Gasteiger partial charge in [-0.2, -0.15) is 0 Å². The molecule has 0 aromatic carbocycles. The monoisotopic (exact) mass is 440 g/mol. The third kappa shape index (κ3) is 3.82. The summed E-state index contributed by atoms with van der Waals surface area (Å²) in [5.41, 5.74) is 1.42. The molecule has 3 nitrogen and oxygen atoms in total. The molecule has 0 aliphatic carbocycles. The van der Waals surface area contributed by atoms with Crippen LogP contribution in [0.3, 0.4) is 0 Å². The molecule has 6 heteroatoms. The van der Waals surface area contributed by atoms with Gasteiger partial charge in [0.25, 0.3) is 8.32 Å². The van der Waals surface area contributed by atoms with Crippen LogP contribution in [0.2, 0.25) is 16.6 Å². The molecule has 120 valence electrons. The van der Waals surface area contributed by atoms with Gasteiger partial charge in [-0.3, -0.25) is 0 Å². The number of ether oxygens (including phenoxy) is 1. The SMILES string of the molecule is COC(=O)c1sc(I)cc1O[Si](C(C)C)(C(C)C)C(C)C. The summed E-state index contributed by atoms with van der Waals surface area (Å²) >= 11 is 3.66. The van der Waals surface area contributed by atoms with Gasteiger partial charge in [0, 0.05) is 6.07 Å². The lowest BCUT2D eigenvalue weighted by Crippen LogP contribution is -2.50. The number of methoxy groups -OCH3 is 1. The molecule has 0 saturated carbocycles. The molecule has 0 fully saturated rings. The third-order valence-corrected chi connectivity index (χ3v) is 11.9. The molecule has 1 aromatic rings. The van der Waals surface area contributed by atoms with E-state index < -0.39 is 8.32 Å². The van der Waals surface area contributed by atoms with E-state index >= 15 is 0 Å². The van der Waals surface area contributed by atoms with Crippen molar-refractivity contribution >= 4 is 48.2 Å². The molecular weight excluding hydrogens is 415 g/mol. The van der Waals surface area contributed by atoms with Crippen molar-refractivity contribution in [1.29, 1.82) is 0 Å². The molecule has 0 radical (unpaired) electrons. The Labute approximate surface area is 146 Å². The predicted molar refractivity (Wildman–Crippen MR) is 100 cm³/mol. The Balaban J connectivity index is 3.31. The van der Waals surface area contributed by atoms with E-state index in [2.05, 4.69) is 64.1 Å². The fourth-order valence-corrected chi connectivity index (χ4v) is 10.2. The largest absolute Gasteiger partial charge is 0.542 e. The van der Waals surface area contributed by atoms with Crippen molar-refractivity contribution in [3.05, 3.63) is 13.8 Å². The Morgan fingerprint density at radius 1 is 1.14 bits per heavy atom. The molecule has 1 rings (SSSR count). The minimum Gasteiger partial charge on any atom is -0.542 e. The van der Waals surface area contributed by atoms with Crippen molar-refractivity contribution in [2.45, 2.75) is 58.2 Å². The van der Waals surface area contributed by atoms with E-state index in [1.54, 1.807) is 0 Å². The fourth-order valence-electron chi connectivity index (χ4n) is 3.20. The van der Waals surface area contributed by atoms with Gasteiger partial charge in [0.1, 0.15) is 5.75 Å². The van der Waals surface area contributed by atoms with E-state index in [9.17, 15) is 4.79 Å². The van der Waals surface area contributed by atoms with Crippen LogP contribution in [0.15, 0.2) is 6.07 Å². The van der Waals surface area contributed by atoms with Crippen LogP contribution < -0.4 is 4.43 Å². The van der Waals surface area contributed by atoms with Gasteiger partial charge in [-0.1, -0.05) is 41.5 Å². The Morgan fingerprint density at radius 3 is 2.00 bits per heavy atom. The maximum atomic E-state index is 12.0. The highest BCUT2D eigenvalue weighted by molar-refractivity contribution is 14.1. The first-order valence-corrected chi connectivity index (χ1v) is 11.3. The second kappa shape index (κ2) is 7.46. The first-order chi connectivity index (χ1) is 9.66. The maximum absolute atomic E-state index is 12.0. The number of esters is 1. The van der Waals surface area contributed by atoms with Crippen LogP contribution in [0.4, 0.5) is 0 Å². The number of hydrogen-bond acceptors (Lipinski definition) is 4. The summed E-state index contributed by atoms with van der Waals surface area (Å²) < 4.78 is 12.5. The van der Waals surface area contributed by atoms with Crippen molar-refractivity contribution in [3.8, 4) is 5.75 Å². The van der Waals surface area contributed by atoms with Crippen molar-refractivity contribution in [1.82, 2.24) is 0 Å². The Kier molecular flexibility index (Phi) is 6.73. The van der Waals surface area contributed by atoms with Crippen molar-refractivity contribution in [3.63, 3.8) is 0 Å². The van der Waals surface area contributed by atoms with Gasteiger partial charge in [-0.25, -0.2) is 4.79 Å². The first-order valence-electron chi connectivity index (χ1n) is 7.23. The summed E-state index contributed by atoms with van der Waals surface area (Å²) in [5, 5.41) is 0. The van der Waals surface area contributed by atoms with E-state index in [4.69, 9.17) is 9.16 Å². The molecular formula is C15H25IO3SSi. The molecule has 21 heavy (non-hydrogen) atoms. The number of carbonyl (C=O) groups is 1. The molecule has 0 bridgehead atoms. The lowest BCUT2D eigenvalue weighted by molar-refractivity contribution is 0.0604. The van der Waals surface area contributed by atoms with Crippen molar-refractivity contribution < 1.29 is 14.0 Å². The van der Waals surface area contributed by atoms with Gasteiger partial charge < -0.3 is 9.16 Å². The topological polar surface area (TPSA) is 35.5 Å². The smallest absolute Gasteiger partial charge is 0.351 e. The molecule has 0 saturated heterocycles. The minimum atomic E-state index is -2.05. The second-order valence-corrected chi connectivity index (χ2v) is 14.5. The molecule has 0 unspecified atom stereocenters. The van der Waals surface area contributed by atoms with E-state index in [1.807, 2.05) is 6.07 Å². The van der Waals surface area contributed by atoms with Crippen LogP contribution >= 0.6 is 33.9 Å². The molecule has 0 N–H and O–H groups in total. The maximum Gasteiger partial charge on any atom is 0.351 e. The second-order valence-electron chi connectivity index (χ2n) is 6.16. The van der Waals surface area contributed by atoms with E-state index in [-0.39, 0.29) is 5.97 Å². The number of hydrogen-bond donors (Lipinski definition) is 0. The van der Waals surface area contributed by atoms with Gasteiger partial charge in [-0.05, 0) is 39.2 Å². The average molecular weight is 440 g/mol. The zero-order valence-corrected chi connectivity index (χ0v) is 17.8. The van der Waals surface area contributed by atoms with Crippen LogP contribution in [0.25, 0.3) is 0 Å². The summed E-state index contributed by atoms with van der Waals surface area (Å²) in [4.78, 5) is 12.5. The molecule has 0 amide bonds. The molecule has 0 aliphatic rings. The standard InChI is InChI=1S/C15H25IO3SSi/c1-9(2)21(10(3)4,11(5)6)19-12-8-13(16)20-14(12)15(17)18-7/h8-11H,1-7H3. The summed E-state index contributed by atoms with van der Waals surface area (Å²) in [5.74, 6) is 0.399. The summed E-state index contributed by atoms with van der Waals surface area (Å²) in [6, 6.07) is 1.96. The Bertz CT molecular complexity index is 475. The van der Waals surface area contributed by atoms with E-state index in [1.165, 1.54) is 18.4 Å². The molecule has 1 heterocycles. The normalized spacial score (nSPS) is 12.3. The lowest BCUT2D eigenvalue weighted by Gasteiger charge is -2.42. The zero-order valence-electron chi connectivity index (χ0n) is 13.8. The average Bonchev–Trinajstić information content (AvgIpc) is 2.74. The Morgan fingerprint density at radius 2 is 1.62 bits per heavy atom. The molecule has 0 atom stereocenters. The number of halogens is 1. The predicted octanol–water partition coefficient (Wildman–Crippen LogP) is 5.69. The summed E-state index contributed by atoms with van der Waals surface area (Å²) in [7, 11) is -0.636. The van der Waals surface area contributed by atoms with Gasteiger partial charge >= 0.3 is 5.97 Å². The Hall–Kier alpha value is -0.0831. The number of rotatable bonds is 6. The van der Waals surface area contributed by atoms with Gasteiger partial charge in [0.2, 0.25) is 0 Å². The summed E-state index contributed by atoms with van der Waals surface area (Å²) in [6.07, 6.45) is 0. The molecule has 1 aromatic heterocycles. The highest BCUT2D eigenvalue weighted by atomic mass is 127. The van der Waals surface area contributed by atoms with Gasteiger partial charge in [0.05, 0.1) is 9.99 Å². The molecule has 0 aliphatic heterocycles. The molecule has 0 spiro atoms. The van der Waals surface area contributed by atoms with Gasteiger partial charge in [-0.15, -0.1) is 11.3 Å². The number of thiophene rings is 1. The van der Waals surface area contributed by atoms with Crippen LogP contribution in [0.5, 0.6) is 5.75 Å². The van der Waals surface area contributed by atoms with Crippen LogP contribution in [-0.4, -0.2) is 21.4 Å².